The smallest absolute Gasteiger partial charge is 0.122 e. The van der Waals surface area contributed by atoms with Gasteiger partial charge in [0, 0.05) is 18.6 Å². The predicted octanol–water partition coefficient (Wildman–Crippen LogP) is 2.25. The minimum atomic E-state index is 0.378. The van der Waals surface area contributed by atoms with E-state index in [0.29, 0.717) is 12.0 Å². The van der Waals surface area contributed by atoms with Crippen LogP contribution in [0.3, 0.4) is 0 Å². The van der Waals surface area contributed by atoms with Crippen LogP contribution in [-0.2, 0) is 11.2 Å². The number of rotatable bonds is 6. The molecule has 0 bridgehead atoms. The molecule has 2 rings (SSSR count). The molecule has 0 amide bonds. The average Bonchev–Trinajstić information content (AvgIpc) is 2.43. The summed E-state index contributed by atoms with van der Waals surface area (Å²) < 4.78 is 11.4. The van der Waals surface area contributed by atoms with Crippen LogP contribution in [0.4, 0.5) is 0 Å². The van der Waals surface area contributed by atoms with Gasteiger partial charge in [-0.25, -0.2) is 0 Å². The maximum Gasteiger partial charge on any atom is 0.122 e. The van der Waals surface area contributed by atoms with Crippen molar-refractivity contribution in [2.75, 3.05) is 26.4 Å². The highest BCUT2D eigenvalue weighted by Crippen LogP contribution is 2.28. The van der Waals surface area contributed by atoms with Crippen molar-refractivity contribution in [1.82, 2.24) is 5.32 Å². The van der Waals surface area contributed by atoms with Gasteiger partial charge in [-0.2, -0.15) is 0 Å². The fraction of sp³-hybridized carbons (Fsp3) is 0.600. The summed E-state index contributed by atoms with van der Waals surface area (Å²) in [5.41, 5.74) is 1.31. The molecule has 0 spiro atoms. The Morgan fingerprint density at radius 1 is 1.39 bits per heavy atom. The number of likely N-dealkylation sites (N-methyl/N-ethyl adjacent to an activating group) is 1. The third kappa shape index (κ3) is 3.24. The maximum absolute atomic E-state index is 5.85. The van der Waals surface area contributed by atoms with E-state index in [9.17, 15) is 0 Å². The molecule has 0 saturated heterocycles. The molecule has 1 N–H and O–H groups in total. The molecule has 1 aliphatic rings. The van der Waals surface area contributed by atoms with Crippen molar-refractivity contribution in [3.63, 3.8) is 0 Å². The summed E-state index contributed by atoms with van der Waals surface area (Å²) in [6.45, 7) is 7.45. The van der Waals surface area contributed by atoms with Crippen LogP contribution in [0, 0.1) is 5.92 Å². The van der Waals surface area contributed by atoms with Crippen molar-refractivity contribution in [1.29, 1.82) is 0 Å². The summed E-state index contributed by atoms with van der Waals surface area (Å²) in [5.74, 6) is 1.53. The van der Waals surface area contributed by atoms with Crippen LogP contribution in [0.2, 0.25) is 0 Å². The maximum atomic E-state index is 5.85. The molecule has 1 aromatic rings. The van der Waals surface area contributed by atoms with Crippen molar-refractivity contribution in [2.24, 2.45) is 5.92 Å². The zero-order valence-electron chi connectivity index (χ0n) is 11.3. The van der Waals surface area contributed by atoms with Crippen molar-refractivity contribution in [3.05, 3.63) is 29.8 Å². The van der Waals surface area contributed by atoms with Crippen LogP contribution >= 0.6 is 0 Å². The SMILES string of the molecule is CCNC(COCC)C1COc2ccccc2C1. The molecule has 3 heteroatoms. The molecule has 3 nitrogen and oxygen atoms in total. The van der Waals surface area contributed by atoms with Gasteiger partial charge in [-0.1, -0.05) is 25.1 Å². The molecule has 0 radical (unpaired) electrons. The third-order valence-electron chi connectivity index (χ3n) is 3.44. The molecule has 2 unspecified atom stereocenters. The number of hydrogen-bond acceptors (Lipinski definition) is 3. The molecule has 0 aliphatic carbocycles. The van der Waals surface area contributed by atoms with E-state index in [1.165, 1.54) is 5.56 Å². The number of para-hydroxylation sites is 1. The van der Waals surface area contributed by atoms with Crippen LogP contribution in [-0.4, -0.2) is 32.4 Å². The predicted molar refractivity (Wildman–Crippen MR) is 73.1 cm³/mol. The quantitative estimate of drug-likeness (QED) is 0.839. The Hall–Kier alpha value is -1.06. The number of benzene rings is 1. The highest BCUT2D eigenvalue weighted by atomic mass is 16.5. The Kier molecular flexibility index (Phi) is 5.02. The van der Waals surface area contributed by atoms with E-state index in [4.69, 9.17) is 9.47 Å². The van der Waals surface area contributed by atoms with Crippen LogP contribution in [0.1, 0.15) is 19.4 Å². The number of hydrogen-bond donors (Lipinski definition) is 1. The van der Waals surface area contributed by atoms with E-state index in [-0.39, 0.29) is 0 Å². The second kappa shape index (κ2) is 6.76. The van der Waals surface area contributed by atoms with Crippen molar-refractivity contribution in [2.45, 2.75) is 26.3 Å². The Morgan fingerprint density at radius 3 is 3.00 bits per heavy atom. The average molecular weight is 249 g/mol. The summed E-state index contributed by atoms with van der Waals surface area (Å²) in [7, 11) is 0. The van der Waals surface area contributed by atoms with Crippen molar-refractivity contribution >= 4 is 0 Å². The monoisotopic (exact) mass is 249 g/mol. The molecular formula is C15H23NO2. The number of ether oxygens (including phenoxy) is 2. The lowest BCUT2D eigenvalue weighted by Crippen LogP contribution is -2.44. The van der Waals surface area contributed by atoms with Gasteiger partial charge < -0.3 is 14.8 Å². The van der Waals surface area contributed by atoms with E-state index in [1.54, 1.807) is 0 Å². The molecule has 2 atom stereocenters. The number of fused-ring (bicyclic) bond motifs is 1. The first-order valence-electron chi connectivity index (χ1n) is 6.87. The number of nitrogens with one attached hydrogen (secondary N) is 1. The minimum Gasteiger partial charge on any atom is -0.493 e. The fourth-order valence-electron chi connectivity index (χ4n) is 2.48. The van der Waals surface area contributed by atoms with Gasteiger partial charge in [-0.3, -0.25) is 0 Å². The van der Waals surface area contributed by atoms with Crippen LogP contribution < -0.4 is 10.1 Å². The van der Waals surface area contributed by atoms with Crippen LogP contribution in [0.15, 0.2) is 24.3 Å². The molecule has 0 saturated carbocycles. The molecule has 18 heavy (non-hydrogen) atoms. The van der Waals surface area contributed by atoms with Gasteiger partial charge >= 0.3 is 0 Å². The highest BCUT2D eigenvalue weighted by Gasteiger charge is 2.26. The first-order chi connectivity index (χ1) is 8.85. The van der Waals surface area contributed by atoms with Gasteiger partial charge in [0.15, 0.2) is 0 Å². The zero-order valence-corrected chi connectivity index (χ0v) is 11.3. The Labute approximate surface area is 109 Å². The minimum absolute atomic E-state index is 0.378. The van der Waals surface area contributed by atoms with Gasteiger partial charge in [-0.05, 0) is 31.5 Å². The molecule has 1 aromatic carbocycles. The Bertz CT molecular complexity index is 367. The first kappa shape index (κ1) is 13.4. The van der Waals surface area contributed by atoms with Gasteiger partial charge in [0.2, 0.25) is 0 Å². The fourth-order valence-corrected chi connectivity index (χ4v) is 2.48. The molecule has 1 heterocycles. The van der Waals surface area contributed by atoms with Gasteiger partial charge in [0.25, 0.3) is 0 Å². The van der Waals surface area contributed by atoms with Crippen LogP contribution in [0.5, 0.6) is 5.75 Å². The highest BCUT2D eigenvalue weighted by molar-refractivity contribution is 5.35. The normalized spacial score (nSPS) is 20.0. The van der Waals surface area contributed by atoms with E-state index >= 15 is 0 Å². The summed E-state index contributed by atoms with van der Waals surface area (Å²) in [6, 6.07) is 8.70. The Balaban J connectivity index is 2.00. The standard InChI is InChI=1S/C15H23NO2/c1-3-16-14(11-17-4-2)13-9-12-7-5-6-8-15(12)18-10-13/h5-8,13-14,16H,3-4,9-11H2,1-2H3. The lowest BCUT2D eigenvalue weighted by Gasteiger charge is -2.32. The second-order valence-electron chi connectivity index (χ2n) is 4.71. The van der Waals surface area contributed by atoms with Crippen LogP contribution in [0.25, 0.3) is 0 Å². The van der Waals surface area contributed by atoms with Gasteiger partial charge in [0.1, 0.15) is 5.75 Å². The second-order valence-corrected chi connectivity index (χ2v) is 4.71. The summed E-state index contributed by atoms with van der Waals surface area (Å²) in [6.07, 6.45) is 1.07. The van der Waals surface area contributed by atoms with Gasteiger partial charge in [-0.15, -0.1) is 0 Å². The summed E-state index contributed by atoms with van der Waals surface area (Å²) in [5, 5.41) is 3.51. The van der Waals surface area contributed by atoms with Gasteiger partial charge in [0.05, 0.1) is 13.2 Å². The lowest BCUT2D eigenvalue weighted by molar-refractivity contribution is 0.0829. The van der Waals surface area contributed by atoms with E-state index in [0.717, 1.165) is 38.5 Å². The lowest BCUT2D eigenvalue weighted by atomic mass is 9.90. The van der Waals surface area contributed by atoms with Crippen molar-refractivity contribution in [3.8, 4) is 5.75 Å². The third-order valence-corrected chi connectivity index (χ3v) is 3.44. The van der Waals surface area contributed by atoms with Crippen molar-refractivity contribution < 1.29 is 9.47 Å². The van der Waals surface area contributed by atoms with E-state index in [2.05, 4.69) is 30.4 Å². The Morgan fingerprint density at radius 2 is 2.22 bits per heavy atom. The molecule has 0 aromatic heterocycles. The molecule has 100 valence electrons. The molecule has 0 fully saturated rings. The topological polar surface area (TPSA) is 30.5 Å². The van der Waals surface area contributed by atoms with E-state index in [1.807, 2.05) is 13.0 Å². The van der Waals surface area contributed by atoms with E-state index < -0.39 is 0 Å². The molecule has 1 aliphatic heterocycles. The summed E-state index contributed by atoms with van der Waals surface area (Å²) >= 11 is 0. The first-order valence-corrected chi connectivity index (χ1v) is 6.87. The molecular weight excluding hydrogens is 226 g/mol. The summed E-state index contributed by atoms with van der Waals surface area (Å²) in [4.78, 5) is 0. The zero-order chi connectivity index (χ0) is 12.8. The largest absolute Gasteiger partial charge is 0.493 e.